The van der Waals surface area contributed by atoms with Crippen molar-refractivity contribution in [2.75, 3.05) is 20.1 Å². The van der Waals surface area contributed by atoms with Gasteiger partial charge in [-0.3, -0.25) is 14.6 Å². The highest BCUT2D eigenvalue weighted by Gasteiger charge is 2.42. The number of rotatable bonds is 8. The van der Waals surface area contributed by atoms with Crippen LogP contribution in [0, 0.1) is 5.92 Å². The highest BCUT2D eigenvalue weighted by atomic mass is 16.2. The van der Waals surface area contributed by atoms with Crippen LogP contribution in [0.15, 0.2) is 24.5 Å². The third-order valence-electron chi connectivity index (χ3n) is 4.38. The molecule has 2 heterocycles. The number of aromatic nitrogens is 1. The van der Waals surface area contributed by atoms with E-state index < -0.39 is 0 Å². The summed E-state index contributed by atoms with van der Waals surface area (Å²) >= 11 is 0. The zero-order chi connectivity index (χ0) is 16.7. The Labute approximate surface area is 137 Å². The Morgan fingerprint density at radius 3 is 2.87 bits per heavy atom. The van der Waals surface area contributed by atoms with Gasteiger partial charge in [-0.25, -0.2) is 0 Å². The topological polar surface area (TPSA) is 88.3 Å². The Bertz CT molecular complexity index is 521. The minimum absolute atomic E-state index is 0.00180. The summed E-state index contributed by atoms with van der Waals surface area (Å²) < 4.78 is 0. The van der Waals surface area contributed by atoms with E-state index in [4.69, 9.17) is 5.73 Å². The Kier molecular flexibility index (Phi) is 6.52. The zero-order valence-electron chi connectivity index (χ0n) is 13.7. The van der Waals surface area contributed by atoms with Crippen molar-refractivity contribution in [1.82, 2.24) is 15.2 Å². The summed E-state index contributed by atoms with van der Waals surface area (Å²) in [4.78, 5) is 30.3. The number of hydrogen-bond donors (Lipinski definition) is 2. The molecule has 3 N–H and O–H groups in total. The van der Waals surface area contributed by atoms with Gasteiger partial charge >= 0.3 is 0 Å². The molecular weight excluding hydrogens is 292 g/mol. The van der Waals surface area contributed by atoms with Crippen LogP contribution in [0.4, 0.5) is 0 Å². The van der Waals surface area contributed by atoms with Crippen molar-refractivity contribution in [3.8, 4) is 0 Å². The monoisotopic (exact) mass is 318 g/mol. The Balaban J connectivity index is 1.91. The molecule has 1 aliphatic rings. The van der Waals surface area contributed by atoms with E-state index in [9.17, 15) is 9.59 Å². The van der Waals surface area contributed by atoms with Crippen molar-refractivity contribution in [2.24, 2.45) is 11.7 Å². The molecule has 0 spiro atoms. The summed E-state index contributed by atoms with van der Waals surface area (Å²) in [5.41, 5.74) is 6.37. The summed E-state index contributed by atoms with van der Waals surface area (Å²) in [6.45, 7) is 1.37. The maximum atomic E-state index is 12.5. The van der Waals surface area contributed by atoms with Gasteiger partial charge in [0.15, 0.2) is 0 Å². The van der Waals surface area contributed by atoms with Crippen LogP contribution >= 0.6 is 0 Å². The fraction of sp³-hybridized carbons (Fsp3) is 0.588. The average Bonchev–Trinajstić information content (AvgIpc) is 2.87. The molecule has 2 amide bonds. The van der Waals surface area contributed by atoms with E-state index in [1.165, 1.54) is 0 Å². The second-order valence-corrected chi connectivity index (χ2v) is 6.04. The number of amides is 2. The lowest BCUT2D eigenvalue weighted by atomic mass is 9.94. The number of carbonyl (C=O) groups is 2. The van der Waals surface area contributed by atoms with Gasteiger partial charge in [-0.15, -0.1) is 0 Å². The summed E-state index contributed by atoms with van der Waals surface area (Å²) in [6.07, 6.45) is 7.81. The molecule has 1 aromatic rings. The maximum absolute atomic E-state index is 12.5. The predicted molar refractivity (Wildman–Crippen MR) is 88.4 cm³/mol. The molecule has 1 saturated heterocycles. The van der Waals surface area contributed by atoms with Gasteiger partial charge in [0.25, 0.3) is 0 Å². The summed E-state index contributed by atoms with van der Waals surface area (Å²) in [5.74, 6) is -0.391. The Morgan fingerprint density at radius 2 is 2.17 bits per heavy atom. The highest BCUT2D eigenvalue weighted by Crippen LogP contribution is 2.36. The molecule has 0 aliphatic carbocycles. The van der Waals surface area contributed by atoms with Gasteiger partial charge in [-0.05, 0) is 31.0 Å². The van der Waals surface area contributed by atoms with E-state index in [0.717, 1.165) is 37.8 Å². The number of unbranched alkanes of at least 4 members (excludes halogenated alkanes) is 3. The zero-order valence-corrected chi connectivity index (χ0v) is 13.7. The van der Waals surface area contributed by atoms with Crippen molar-refractivity contribution < 1.29 is 9.59 Å². The van der Waals surface area contributed by atoms with Crippen molar-refractivity contribution in [1.29, 1.82) is 0 Å². The summed E-state index contributed by atoms with van der Waals surface area (Å²) in [5, 5.41) is 2.97. The number of likely N-dealkylation sites (tertiary alicyclic amines) is 1. The van der Waals surface area contributed by atoms with Crippen LogP contribution in [0.2, 0.25) is 0 Å². The molecule has 1 aromatic heterocycles. The molecule has 0 saturated carbocycles. The fourth-order valence-electron chi connectivity index (χ4n) is 3.08. The molecule has 2 atom stereocenters. The molecule has 6 heteroatoms. The van der Waals surface area contributed by atoms with Gasteiger partial charge in [-0.1, -0.05) is 18.9 Å². The van der Waals surface area contributed by atoms with Crippen molar-refractivity contribution in [3.05, 3.63) is 30.1 Å². The lowest BCUT2D eigenvalue weighted by Gasteiger charge is -2.24. The van der Waals surface area contributed by atoms with Crippen LogP contribution in [0.5, 0.6) is 0 Å². The molecule has 1 aliphatic heterocycles. The third kappa shape index (κ3) is 4.51. The van der Waals surface area contributed by atoms with Crippen LogP contribution in [-0.2, 0) is 9.59 Å². The SMILES string of the molecule is CN1C(=O)C[C@H](C(=O)NCCCCCCN)[C@H]1c1cccnc1. The molecule has 23 heavy (non-hydrogen) atoms. The van der Waals surface area contributed by atoms with Crippen LogP contribution in [0.1, 0.15) is 43.7 Å². The average molecular weight is 318 g/mol. The van der Waals surface area contributed by atoms with Gasteiger partial charge in [0.05, 0.1) is 12.0 Å². The second-order valence-electron chi connectivity index (χ2n) is 6.04. The first-order valence-corrected chi connectivity index (χ1v) is 8.28. The number of hydrogen-bond acceptors (Lipinski definition) is 4. The van der Waals surface area contributed by atoms with E-state index in [1.807, 2.05) is 12.1 Å². The first-order valence-electron chi connectivity index (χ1n) is 8.28. The smallest absolute Gasteiger partial charge is 0.226 e. The molecule has 0 aromatic carbocycles. The Hall–Kier alpha value is -1.95. The lowest BCUT2D eigenvalue weighted by molar-refractivity contribution is -0.128. The van der Waals surface area contributed by atoms with Crippen LogP contribution < -0.4 is 11.1 Å². The maximum Gasteiger partial charge on any atom is 0.226 e. The Morgan fingerprint density at radius 1 is 1.39 bits per heavy atom. The molecule has 2 rings (SSSR count). The van der Waals surface area contributed by atoms with Crippen LogP contribution in [0.25, 0.3) is 0 Å². The minimum atomic E-state index is -0.347. The minimum Gasteiger partial charge on any atom is -0.356 e. The first kappa shape index (κ1) is 17.4. The van der Waals surface area contributed by atoms with Gasteiger partial charge in [-0.2, -0.15) is 0 Å². The second kappa shape index (κ2) is 8.62. The van der Waals surface area contributed by atoms with Crippen LogP contribution in [-0.4, -0.2) is 41.8 Å². The van der Waals surface area contributed by atoms with E-state index in [1.54, 1.807) is 24.3 Å². The van der Waals surface area contributed by atoms with Crippen molar-refractivity contribution in [3.63, 3.8) is 0 Å². The number of carbonyl (C=O) groups excluding carboxylic acids is 2. The standard InChI is InChI=1S/C17H26N4O2/c1-21-15(22)11-14(16(21)13-7-6-9-19-12-13)17(23)20-10-5-3-2-4-8-18/h6-7,9,12,14,16H,2-5,8,10-11,18H2,1H3,(H,20,23)/t14-,16+/m0/s1. The summed E-state index contributed by atoms with van der Waals surface area (Å²) in [6, 6.07) is 3.52. The molecule has 0 unspecified atom stereocenters. The molecule has 0 bridgehead atoms. The largest absolute Gasteiger partial charge is 0.356 e. The molecule has 6 nitrogen and oxygen atoms in total. The molecule has 1 fully saturated rings. The van der Waals surface area contributed by atoms with Gasteiger partial charge in [0.2, 0.25) is 11.8 Å². The van der Waals surface area contributed by atoms with E-state index >= 15 is 0 Å². The number of nitrogens with one attached hydrogen (secondary N) is 1. The fourth-order valence-corrected chi connectivity index (χ4v) is 3.08. The quantitative estimate of drug-likeness (QED) is 0.706. The van der Waals surface area contributed by atoms with Gasteiger partial charge in [0.1, 0.15) is 0 Å². The third-order valence-corrected chi connectivity index (χ3v) is 4.38. The molecule has 126 valence electrons. The molecule has 0 radical (unpaired) electrons. The van der Waals surface area contributed by atoms with Gasteiger partial charge < -0.3 is 16.0 Å². The van der Waals surface area contributed by atoms with Crippen molar-refractivity contribution >= 4 is 11.8 Å². The van der Waals surface area contributed by atoms with E-state index in [2.05, 4.69) is 10.3 Å². The normalized spacial score (nSPS) is 20.8. The first-order chi connectivity index (χ1) is 11.1. The summed E-state index contributed by atoms with van der Waals surface area (Å²) in [7, 11) is 1.75. The van der Waals surface area contributed by atoms with E-state index in [0.29, 0.717) is 6.54 Å². The van der Waals surface area contributed by atoms with Gasteiger partial charge in [0, 0.05) is 32.4 Å². The highest BCUT2D eigenvalue weighted by molar-refractivity contribution is 5.90. The number of pyridine rings is 1. The van der Waals surface area contributed by atoms with Crippen LogP contribution in [0.3, 0.4) is 0 Å². The lowest BCUT2D eigenvalue weighted by Crippen LogP contribution is -2.35. The predicted octanol–water partition coefficient (Wildman–Crippen LogP) is 1.24. The van der Waals surface area contributed by atoms with E-state index in [-0.39, 0.29) is 30.2 Å². The number of nitrogens with two attached hydrogens (primary N) is 1. The number of nitrogens with zero attached hydrogens (tertiary/aromatic N) is 2. The van der Waals surface area contributed by atoms with Crippen molar-refractivity contribution in [2.45, 2.75) is 38.1 Å². The molecular formula is C17H26N4O2.